The molecule has 0 aliphatic heterocycles. The number of halogens is 5. The van der Waals surface area contributed by atoms with E-state index in [1.165, 1.54) is 38.0 Å². The Bertz CT molecular complexity index is 6800. The van der Waals surface area contributed by atoms with E-state index in [4.69, 9.17) is 58.0 Å². The monoisotopic (exact) mass is 1570 g/mol. The second-order valence-corrected chi connectivity index (χ2v) is 24.5. The fourth-order valence-corrected chi connectivity index (χ4v) is 12.0. The number of hydrogen-bond donors (Lipinski definition) is 7. The second-order valence-electron chi connectivity index (χ2n) is 22.4. The highest BCUT2D eigenvalue weighted by Crippen LogP contribution is 2.35. The minimum atomic E-state index is -0.649. The van der Waals surface area contributed by atoms with Gasteiger partial charge in [0.25, 0.3) is 0 Å². The van der Waals surface area contributed by atoms with Crippen molar-refractivity contribution in [2.75, 3.05) is 0 Å². The smallest absolute Gasteiger partial charge is 0.345 e. The van der Waals surface area contributed by atoms with E-state index in [0.717, 1.165) is 49.8 Å². The van der Waals surface area contributed by atoms with E-state index in [1.807, 2.05) is 36.4 Å². The highest BCUT2D eigenvalue weighted by molar-refractivity contribution is 6.37. The van der Waals surface area contributed by atoms with Gasteiger partial charge in [0.15, 0.2) is 0 Å². The molecule has 0 saturated carbocycles. The fourth-order valence-electron chi connectivity index (χ4n) is 10.6. The van der Waals surface area contributed by atoms with Crippen LogP contribution in [0.15, 0.2) is 201 Å². The zero-order valence-corrected chi connectivity index (χ0v) is 58.9. The molecular weight excluding hydrogens is 1540 g/mol. The third-order valence-electron chi connectivity index (χ3n) is 15.6. The Morgan fingerprint density at radius 2 is 0.649 bits per heavy atom. The maximum Gasteiger partial charge on any atom is 0.439 e. The SMILES string of the molecule is Clc1cc(-c2cc(-c3nn[nH]n3)ncn2)cc2[nH]cnc12.Clc1cc(-c2cc(-c3nn[nH]n3)ncn2)cc2nccnc12.O=c1[nH]c(-c2cc(-c3cc(Cl)c4cncnc4c3)ncn2)no1.O=c1[nH]c(-c2cc(-c3cc(Cl)c4nc[nH]c4c3)ncn2)no1.O=c1[nH]c(-c2cc(-c3cc(Cl)c4nccnc4c3)ncn2)no1. The summed E-state index contributed by atoms with van der Waals surface area (Å²) in [7, 11) is 0. The Balaban J connectivity index is 0.000000105. The summed E-state index contributed by atoms with van der Waals surface area (Å²) >= 11 is 31.2. The number of aromatic amines is 7. The molecule has 0 radical (unpaired) electrons. The molecule has 15 aromatic heterocycles. The van der Waals surface area contributed by atoms with Gasteiger partial charge in [-0.3, -0.25) is 48.5 Å². The number of imidazole rings is 2. The summed E-state index contributed by atoms with van der Waals surface area (Å²) < 4.78 is 13.4. The first-order valence-corrected chi connectivity index (χ1v) is 33.4. The molecule has 540 valence electrons. The average Bonchev–Trinajstić information content (AvgIpc) is 1.80. The molecule has 0 spiro atoms. The number of fused-ring (bicyclic) bond motifs is 5. The third kappa shape index (κ3) is 15.6. The van der Waals surface area contributed by atoms with Crippen molar-refractivity contribution in [2.24, 2.45) is 0 Å². The molecule has 5 aromatic carbocycles. The van der Waals surface area contributed by atoms with Gasteiger partial charge in [0, 0.05) is 64.2 Å². The van der Waals surface area contributed by atoms with Crippen molar-refractivity contribution in [3.63, 3.8) is 0 Å². The fraction of sp³-hybridized carbons (Fsp3) is 0. The van der Waals surface area contributed by atoms with Gasteiger partial charge in [-0.25, -0.2) is 84.2 Å². The number of rotatable bonds is 10. The molecule has 0 aliphatic carbocycles. The van der Waals surface area contributed by atoms with Crippen LogP contribution in [0.1, 0.15) is 0 Å². The molecule has 20 aromatic rings. The van der Waals surface area contributed by atoms with Crippen LogP contribution in [0.25, 0.3) is 169 Å². The molecule has 111 heavy (non-hydrogen) atoms. The van der Waals surface area contributed by atoms with E-state index < -0.39 is 17.3 Å². The first-order valence-electron chi connectivity index (χ1n) is 31.5. The van der Waals surface area contributed by atoms with Gasteiger partial charge in [-0.15, -0.1) is 20.4 Å². The molecule has 0 amide bonds. The maximum atomic E-state index is 11.0. The number of tetrazole rings is 2. The average molecular weight is 1580 g/mol. The minimum absolute atomic E-state index is 0.227. The van der Waals surface area contributed by atoms with Crippen LogP contribution in [-0.4, -0.2) is 171 Å². The molecule has 40 nitrogen and oxygen atoms in total. The predicted octanol–water partition coefficient (Wildman–Crippen LogP) is 9.96. The Labute approximate surface area is 637 Å². The van der Waals surface area contributed by atoms with Crippen molar-refractivity contribution in [1.29, 1.82) is 0 Å². The molecule has 0 unspecified atom stereocenters. The molecule has 20 rings (SSSR count). The lowest BCUT2D eigenvalue weighted by Crippen LogP contribution is -1.96. The van der Waals surface area contributed by atoms with E-state index in [-0.39, 0.29) is 17.5 Å². The number of nitrogens with zero attached hydrogens (tertiary/aromatic N) is 27. The lowest BCUT2D eigenvalue weighted by atomic mass is 10.1. The molecule has 0 fully saturated rings. The summed E-state index contributed by atoms with van der Waals surface area (Å²) in [4.78, 5) is 122. The van der Waals surface area contributed by atoms with Crippen molar-refractivity contribution < 1.29 is 13.6 Å². The number of hydrogen-bond acceptors (Lipinski definition) is 33. The van der Waals surface area contributed by atoms with Crippen LogP contribution in [-0.2, 0) is 0 Å². The van der Waals surface area contributed by atoms with Crippen LogP contribution in [0, 0.1) is 0 Å². The number of nitrogens with one attached hydrogen (secondary N) is 7. The van der Waals surface area contributed by atoms with Crippen molar-refractivity contribution in [3.05, 3.63) is 229 Å². The van der Waals surface area contributed by atoms with E-state index in [2.05, 4.69) is 185 Å². The Morgan fingerprint density at radius 1 is 0.306 bits per heavy atom. The van der Waals surface area contributed by atoms with Crippen molar-refractivity contribution in [2.45, 2.75) is 0 Å². The lowest BCUT2D eigenvalue weighted by Gasteiger charge is -2.05. The van der Waals surface area contributed by atoms with Crippen LogP contribution >= 0.6 is 58.0 Å². The van der Waals surface area contributed by atoms with Crippen LogP contribution in [0.3, 0.4) is 0 Å². The summed E-state index contributed by atoms with van der Waals surface area (Å²) in [6.45, 7) is 0. The van der Waals surface area contributed by atoms with Gasteiger partial charge in [0.2, 0.25) is 29.1 Å². The zero-order valence-electron chi connectivity index (χ0n) is 55.1. The van der Waals surface area contributed by atoms with Gasteiger partial charge in [-0.05, 0) is 101 Å². The van der Waals surface area contributed by atoms with Crippen LogP contribution in [0.2, 0.25) is 25.1 Å². The molecular formula is C66H35Cl5N34O6. The van der Waals surface area contributed by atoms with Gasteiger partial charge < -0.3 is 9.97 Å². The number of H-pyrrole nitrogens is 7. The quantitative estimate of drug-likeness (QED) is 0.0669. The standard InChI is InChI=1S/2C14H7ClN6O2.C13H7ClN8.C13H7ClN6O2.C12H7ClN8/c15-9-1-7(2-11-8(9)4-16-5-17-11)10-3-12(19-6-18-10)13-20-14(22)23-21-13;15-8-3-7(4-10-12(8)17-2-1-16-10)9-5-11(19-6-18-9)13-20-14(22)23-21-13;14-8-3-7(4-10-12(8)16-2-1-15-10)9-5-11(18-6-17-9)13-19-21-22-20-13;14-7-1-6(2-9-11(7)18-5-16-9)8-3-10(17-4-15-8)12-19-13(21)22-20-12;13-7-1-6(2-9-11(7)17-5-15-9)8-3-10(16-4-14-8)12-18-20-21-19-12/h2*1-6H,(H,20,21,22);1-6H,(H,19,20,21,22);1-5H,(H,16,18)(H,19,20,21);1-5H,(H,15,17)(H,18,19,20,21). The first kappa shape index (κ1) is 70.2. The van der Waals surface area contributed by atoms with Gasteiger partial charge in [0.1, 0.15) is 88.5 Å². The van der Waals surface area contributed by atoms with Crippen molar-refractivity contribution >= 4 is 113 Å². The molecule has 0 atom stereocenters. The first-order chi connectivity index (χ1) is 54.2. The second kappa shape index (κ2) is 31.1. The largest absolute Gasteiger partial charge is 0.439 e. The highest BCUT2D eigenvalue weighted by atomic mass is 35.5. The van der Waals surface area contributed by atoms with E-state index >= 15 is 0 Å². The molecule has 15 heterocycles. The normalized spacial score (nSPS) is 11.0. The Morgan fingerprint density at radius 3 is 1.03 bits per heavy atom. The van der Waals surface area contributed by atoms with E-state index in [1.54, 1.807) is 98.2 Å². The maximum absolute atomic E-state index is 11.0. The van der Waals surface area contributed by atoms with E-state index in [9.17, 15) is 14.4 Å². The molecule has 0 aliphatic rings. The lowest BCUT2D eigenvalue weighted by molar-refractivity contribution is 0.387. The van der Waals surface area contributed by atoms with Crippen LogP contribution in [0.5, 0.6) is 0 Å². The van der Waals surface area contributed by atoms with Gasteiger partial charge in [0.05, 0.1) is 93.8 Å². The van der Waals surface area contributed by atoms with Gasteiger partial charge in [-0.2, -0.15) is 10.4 Å². The van der Waals surface area contributed by atoms with Gasteiger partial charge in [-0.1, -0.05) is 73.5 Å². The number of benzene rings is 5. The molecule has 45 heteroatoms. The predicted molar refractivity (Wildman–Crippen MR) is 396 cm³/mol. The summed E-state index contributed by atoms with van der Waals surface area (Å²) in [5.41, 5.74) is 16.0. The Kier molecular flexibility index (Phi) is 19.7. The summed E-state index contributed by atoms with van der Waals surface area (Å²) in [5.74, 6) is -0.435. The summed E-state index contributed by atoms with van der Waals surface area (Å²) in [6.07, 6.45) is 19.7. The van der Waals surface area contributed by atoms with Crippen molar-refractivity contribution in [1.82, 2.24) is 171 Å². The number of aromatic nitrogens is 34. The Hall–Kier alpha value is -15.1. The van der Waals surface area contributed by atoms with E-state index in [0.29, 0.717) is 127 Å². The zero-order chi connectivity index (χ0) is 75.9. The van der Waals surface area contributed by atoms with Crippen LogP contribution in [0.4, 0.5) is 0 Å². The molecule has 7 N–H and O–H groups in total. The molecule has 0 saturated heterocycles. The van der Waals surface area contributed by atoms with Crippen LogP contribution < -0.4 is 17.3 Å². The third-order valence-corrected chi connectivity index (χ3v) is 17.1. The highest BCUT2D eigenvalue weighted by Gasteiger charge is 2.18. The van der Waals surface area contributed by atoms with Crippen molar-refractivity contribution in [3.8, 4) is 114 Å². The van der Waals surface area contributed by atoms with Gasteiger partial charge >= 0.3 is 17.3 Å². The minimum Gasteiger partial charge on any atom is -0.345 e. The molecule has 0 bridgehead atoms. The summed E-state index contributed by atoms with van der Waals surface area (Å²) in [5, 5.41) is 41.6. The topological polar surface area (TPSA) is 549 Å². The summed E-state index contributed by atoms with van der Waals surface area (Å²) in [6, 6.07) is 26.8.